The van der Waals surface area contributed by atoms with E-state index in [9.17, 15) is 4.79 Å². The van der Waals surface area contributed by atoms with E-state index in [1.165, 1.54) is 24.2 Å². The Kier molecular flexibility index (Phi) is 3.58. The van der Waals surface area contributed by atoms with E-state index in [2.05, 4.69) is 5.32 Å². The fraction of sp³-hybridized carbons (Fsp3) is 0.643. The summed E-state index contributed by atoms with van der Waals surface area (Å²) in [4.78, 5) is 15.1. The molecule has 2 aliphatic rings. The zero-order valence-electron chi connectivity index (χ0n) is 11.3. The van der Waals surface area contributed by atoms with Crippen LogP contribution in [0.1, 0.15) is 40.9 Å². The van der Waals surface area contributed by atoms with Crippen LogP contribution < -0.4 is 5.32 Å². The first-order valence-electron chi connectivity index (χ1n) is 6.83. The van der Waals surface area contributed by atoms with Crippen molar-refractivity contribution in [2.75, 3.05) is 7.05 Å². The number of amides is 1. The molecule has 3 heterocycles. The van der Waals surface area contributed by atoms with Crippen molar-refractivity contribution in [3.63, 3.8) is 0 Å². The van der Waals surface area contributed by atoms with Gasteiger partial charge in [-0.2, -0.15) is 0 Å². The lowest BCUT2D eigenvalue weighted by Crippen LogP contribution is -2.48. The monoisotopic (exact) mass is 298 g/mol. The van der Waals surface area contributed by atoms with Gasteiger partial charge in [-0.25, -0.2) is 0 Å². The number of carbonyl (C=O) groups is 1. The van der Waals surface area contributed by atoms with E-state index < -0.39 is 0 Å². The number of nitrogens with zero attached hydrogens (tertiary/aromatic N) is 1. The smallest absolute Gasteiger partial charge is 0.265 e. The van der Waals surface area contributed by atoms with Crippen LogP contribution in [0.25, 0.3) is 0 Å². The maximum atomic E-state index is 12.5. The lowest BCUT2D eigenvalue weighted by molar-refractivity contribution is 0.0687. The molecule has 19 heavy (non-hydrogen) atoms. The number of thiophene rings is 1. The van der Waals surface area contributed by atoms with Crippen LogP contribution in [0.2, 0.25) is 5.02 Å². The number of aryl methyl sites for hydroxylation is 1. The molecule has 2 saturated heterocycles. The molecule has 2 bridgehead atoms. The molecule has 0 aliphatic carbocycles. The van der Waals surface area contributed by atoms with Crippen LogP contribution in [-0.4, -0.2) is 36.0 Å². The number of piperidine rings is 1. The largest absolute Gasteiger partial charge is 0.338 e. The average molecular weight is 299 g/mol. The molecule has 0 radical (unpaired) electrons. The quantitative estimate of drug-likeness (QED) is 0.910. The van der Waals surface area contributed by atoms with Crippen molar-refractivity contribution in [2.45, 2.75) is 50.7 Å². The Morgan fingerprint density at radius 1 is 1.42 bits per heavy atom. The maximum Gasteiger partial charge on any atom is 0.265 e. The minimum atomic E-state index is 0.0781. The lowest BCUT2D eigenvalue weighted by Gasteiger charge is -2.35. The number of hydrogen-bond donors (Lipinski definition) is 1. The van der Waals surface area contributed by atoms with Crippen LogP contribution in [0.4, 0.5) is 0 Å². The molecule has 5 heteroatoms. The first-order valence-corrected chi connectivity index (χ1v) is 8.09. The Labute approximate surface area is 122 Å². The van der Waals surface area contributed by atoms with E-state index >= 15 is 0 Å². The van der Waals surface area contributed by atoms with Gasteiger partial charge in [0.05, 0.1) is 5.02 Å². The molecule has 2 aliphatic heterocycles. The molecule has 0 aromatic carbocycles. The highest BCUT2D eigenvalue weighted by Crippen LogP contribution is 2.32. The molecule has 0 saturated carbocycles. The van der Waals surface area contributed by atoms with Crippen LogP contribution in [0.3, 0.4) is 0 Å². The number of halogens is 1. The van der Waals surface area contributed by atoms with Gasteiger partial charge in [0, 0.05) is 25.2 Å². The molecular weight excluding hydrogens is 280 g/mol. The molecule has 3 nitrogen and oxygen atoms in total. The van der Waals surface area contributed by atoms with Crippen molar-refractivity contribution in [1.29, 1.82) is 0 Å². The Hall–Kier alpha value is -0.580. The number of fused-ring (bicyclic) bond motifs is 2. The van der Waals surface area contributed by atoms with Crippen molar-refractivity contribution < 1.29 is 4.79 Å². The first kappa shape index (κ1) is 13.4. The summed E-state index contributed by atoms with van der Waals surface area (Å²) in [5.41, 5.74) is 0.994. The molecular formula is C14H19ClN2OS. The van der Waals surface area contributed by atoms with Crippen LogP contribution in [0.15, 0.2) is 5.38 Å². The molecule has 104 valence electrons. The summed E-state index contributed by atoms with van der Waals surface area (Å²) >= 11 is 7.66. The highest BCUT2D eigenvalue weighted by Gasteiger charge is 2.37. The van der Waals surface area contributed by atoms with Crippen LogP contribution in [0.5, 0.6) is 0 Å². The van der Waals surface area contributed by atoms with Gasteiger partial charge in [0.15, 0.2) is 0 Å². The SMILES string of the molecule is Cc1csc(C(=O)N(C)C2CC3CCC(C2)N3)c1Cl. The van der Waals surface area contributed by atoms with Crippen molar-refractivity contribution in [1.82, 2.24) is 10.2 Å². The average Bonchev–Trinajstić information content (AvgIpc) is 2.91. The molecule has 1 aromatic rings. The maximum absolute atomic E-state index is 12.5. The second kappa shape index (κ2) is 5.08. The first-order chi connectivity index (χ1) is 9.06. The Bertz CT molecular complexity index is 490. The highest BCUT2D eigenvalue weighted by atomic mass is 35.5. The normalized spacial score (nSPS) is 29.5. The highest BCUT2D eigenvalue weighted by molar-refractivity contribution is 7.13. The van der Waals surface area contributed by atoms with E-state index in [0.29, 0.717) is 28.0 Å². The molecule has 2 fully saturated rings. The predicted molar refractivity (Wildman–Crippen MR) is 79.1 cm³/mol. The van der Waals surface area contributed by atoms with Crippen molar-refractivity contribution in [3.05, 3.63) is 20.8 Å². The van der Waals surface area contributed by atoms with E-state index in [4.69, 9.17) is 11.6 Å². The minimum Gasteiger partial charge on any atom is -0.338 e. The lowest BCUT2D eigenvalue weighted by atomic mass is 9.98. The summed E-state index contributed by atoms with van der Waals surface area (Å²) in [6.45, 7) is 1.94. The standard InChI is InChI=1S/C14H19ClN2OS/c1-8-7-19-13(12(8)15)14(18)17(2)11-5-9-3-4-10(6-11)16-9/h7,9-11,16H,3-6H2,1-2H3. The van der Waals surface area contributed by atoms with Crippen LogP contribution in [0, 0.1) is 6.92 Å². The van der Waals surface area contributed by atoms with Gasteiger partial charge in [0.25, 0.3) is 5.91 Å². The molecule has 1 aromatic heterocycles. The molecule has 1 N–H and O–H groups in total. The molecule has 2 unspecified atom stereocenters. The number of rotatable bonds is 2. The summed E-state index contributed by atoms with van der Waals surface area (Å²) in [5, 5.41) is 6.19. The van der Waals surface area contributed by atoms with Gasteiger partial charge in [-0.3, -0.25) is 4.79 Å². The van der Waals surface area contributed by atoms with E-state index in [-0.39, 0.29) is 5.91 Å². The third kappa shape index (κ3) is 2.41. The number of carbonyl (C=O) groups excluding carboxylic acids is 1. The van der Waals surface area contributed by atoms with E-state index in [1.54, 1.807) is 0 Å². The fourth-order valence-electron chi connectivity index (χ4n) is 3.24. The Morgan fingerprint density at radius 3 is 2.58 bits per heavy atom. The number of nitrogens with one attached hydrogen (secondary N) is 1. The Morgan fingerprint density at radius 2 is 2.05 bits per heavy atom. The van der Waals surface area contributed by atoms with Crippen molar-refractivity contribution >= 4 is 28.8 Å². The van der Waals surface area contributed by atoms with E-state index in [1.807, 2.05) is 24.3 Å². The van der Waals surface area contributed by atoms with E-state index in [0.717, 1.165) is 18.4 Å². The molecule has 3 rings (SSSR count). The summed E-state index contributed by atoms with van der Waals surface area (Å²) in [7, 11) is 1.92. The van der Waals surface area contributed by atoms with Crippen molar-refractivity contribution in [3.8, 4) is 0 Å². The third-order valence-corrected chi connectivity index (χ3v) is 6.09. The molecule has 2 atom stereocenters. The topological polar surface area (TPSA) is 32.3 Å². The predicted octanol–water partition coefficient (Wildman–Crippen LogP) is 3.06. The van der Waals surface area contributed by atoms with Gasteiger partial charge in [0.2, 0.25) is 0 Å². The van der Waals surface area contributed by atoms with Gasteiger partial charge in [-0.05, 0) is 43.6 Å². The summed E-state index contributed by atoms with van der Waals surface area (Å²) < 4.78 is 0. The van der Waals surface area contributed by atoms with Gasteiger partial charge in [-0.15, -0.1) is 11.3 Å². The Balaban J connectivity index is 1.75. The van der Waals surface area contributed by atoms with Gasteiger partial charge in [0.1, 0.15) is 4.88 Å². The van der Waals surface area contributed by atoms with Crippen LogP contribution >= 0.6 is 22.9 Å². The van der Waals surface area contributed by atoms with Gasteiger partial charge >= 0.3 is 0 Å². The minimum absolute atomic E-state index is 0.0781. The third-order valence-electron chi connectivity index (χ3n) is 4.41. The summed E-state index contributed by atoms with van der Waals surface area (Å²) in [6.07, 6.45) is 4.64. The molecule has 1 amide bonds. The second-order valence-electron chi connectivity index (χ2n) is 5.74. The summed E-state index contributed by atoms with van der Waals surface area (Å²) in [6, 6.07) is 1.55. The number of hydrogen-bond acceptors (Lipinski definition) is 3. The summed E-state index contributed by atoms with van der Waals surface area (Å²) in [5.74, 6) is 0.0781. The second-order valence-corrected chi connectivity index (χ2v) is 7.00. The molecule has 0 spiro atoms. The van der Waals surface area contributed by atoms with Gasteiger partial charge < -0.3 is 10.2 Å². The van der Waals surface area contributed by atoms with Crippen molar-refractivity contribution in [2.24, 2.45) is 0 Å². The van der Waals surface area contributed by atoms with Gasteiger partial charge in [-0.1, -0.05) is 11.6 Å². The fourth-order valence-corrected chi connectivity index (χ4v) is 4.50. The zero-order chi connectivity index (χ0) is 13.6. The zero-order valence-corrected chi connectivity index (χ0v) is 12.9. The van der Waals surface area contributed by atoms with Crippen LogP contribution in [-0.2, 0) is 0 Å².